The van der Waals surface area contributed by atoms with E-state index >= 15 is 0 Å². The third-order valence-corrected chi connectivity index (χ3v) is 3.52. The number of benzene rings is 2. The lowest BCUT2D eigenvalue weighted by atomic mass is 10.1. The number of rotatable bonds is 4. The molecule has 0 saturated carbocycles. The molecule has 0 fully saturated rings. The fraction of sp³-hybridized carbons (Fsp3) is 0.0625. The molecule has 0 amide bonds. The van der Waals surface area contributed by atoms with E-state index in [-0.39, 0.29) is 11.3 Å². The summed E-state index contributed by atoms with van der Waals surface area (Å²) in [6.45, 7) is 0.518. The molecule has 0 bridgehead atoms. The minimum atomic E-state index is -0.968. The standard InChI is InChI=1S/C16H12N2O4/c19-16(20)13-4-3-12-7-8-17(15(12)9-13)10-11-1-5-14(6-2-11)18(21)22/h1-9H,10H2,(H,19,20). The molecular weight excluding hydrogens is 284 g/mol. The van der Waals surface area contributed by atoms with Gasteiger partial charge in [-0.3, -0.25) is 10.1 Å². The van der Waals surface area contributed by atoms with Gasteiger partial charge in [0.15, 0.2) is 0 Å². The minimum absolute atomic E-state index is 0.0503. The van der Waals surface area contributed by atoms with Crippen molar-refractivity contribution in [2.75, 3.05) is 0 Å². The number of hydrogen-bond donors (Lipinski definition) is 1. The summed E-state index contributed by atoms with van der Waals surface area (Å²) < 4.78 is 1.92. The van der Waals surface area contributed by atoms with Gasteiger partial charge in [-0.2, -0.15) is 0 Å². The molecule has 6 nitrogen and oxygen atoms in total. The lowest BCUT2D eigenvalue weighted by molar-refractivity contribution is -0.384. The molecule has 1 N–H and O–H groups in total. The van der Waals surface area contributed by atoms with Gasteiger partial charge in [0.2, 0.25) is 0 Å². The number of aromatic nitrogens is 1. The first-order chi connectivity index (χ1) is 10.5. The Balaban J connectivity index is 1.94. The van der Waals surface area contributed by atoms with Gasteiger partial charge in [-0.25, -0.2) is 4.79 Å². The smallest absolute Gasteiger partial charge is 0.335 e. The zero-order chi connectivity index (χ0) is 15.7. The van der Waals surface area contributed by atoms with E-state index < -0.39 is 10.9 Å². The van der Waals surface area contributed by atoms with Crippen molar-refractivity contribution in [3.8, 4) is 0 Å². The van der Waals surface area contributed by atoms with Gasteiger partial charge in [-0.05, 0) is 29.1 Å². The van der Waals surface area contributed by atoms with E-state index in [2.05, 4.69) is 0 Å². The number of fused-ring (bicyclic) bond motifs is 1. The number of nitro groups is 1. The molecule has 0 aliphatic rings. The van der Waals surface area contributed by atoms with Crippen LogP contribution in [-0.2, 0) is 6.54 Å². The van der Waals surface area contributed by atoms with Crippen LogP contribution in [0.2, 0.25) is 0 Å². The van der Waals surface area contributed by atoms with Crippen LogP contribution in [0.25, 0.3) is 10.9 Å². The number of carboxylic acid groups (broad SMARTS) is 1. The van der Waals surface area contributed by atoms with Crippen molar-refractivity contribution in [3.05, 3.63) is 76.0 Å². The molecule has 3 aromatic rings. The van der Waals surface area contributed by atoms with E-state index in [1.54, 1.807) is 30.3 Å². The maximum absolute atomic E-state index is 11.1. The lowest BCUT2D eigenvalue weighted by Gasteiger charge is -2.06. The van der Waals surface area contributed by atoms with Crippen LogP contribution < -0.4 is 0 Å². The monoisotopic (exact) mass is 296 g/mol. The zero-order valence-electron chi connectivity index (χ0n) is 11.5. The van der Waals surface area contributed by atoms with Gasteiger partial charge in [0.1, 0.15) is 0 Å². The Bertz CT molecular complexity index is 865. The van der Waals surface area contributed by atoms with Crippen molar-refractivity contribution in [3.63, 3.8) is 0 Å². The molecule has 2 aromatic carbocycles. The van der Waals surface area contributed by atoms with Crippen molar-refractivity contribution in [2.45, 2.75) is 6.54 Å². The normalized spacial score (nSPS) is 10.7. The predicted molar refractivity (Wildman–Crippen MR) is 81.1 cm³/mol. The van der Waals surface area contributed by atoms with Gasteiger partial charge in [-0.15, -0.1) is 0 Å². The second-order valence-corrected chi connectivity index (χ2v) is 4.95. The van der Waals surface area contributed by atoms with Gasteiger partial charge in [0.05, 0.1) is 10.5 Å². The number of non-ortho nitro benzene ring substituents is 1. The Kier molecular flexibility index (Phi) is 3.34. The van der Waals surface area contributed by atoms with E-state index in [9.17, 15) is 14.9 Å². The third kappa shape index (κ3) is 2.54. The van der Waals surface area contributed by atoms with E-state index in [0.717, 1.165) is 16.5 Å². The molecule has 0 atom stereocenters. The Morgan fingerprint density at radius 2 is 1.86 bits per heavy atom. The molecule has 0 aliphatic heterocycles. The molecular formula is C16H12N2O4. The molecule has 22 heavy (non-hydrogen) atoms. The van der Waals surface area contributed by atoms with Crippen molar-refractivity contribution in [1.82, 2.24) is 4.57 Å². The van der Waals surface area contributed by atoms with Crippen LogP contribution in [0.1, 0.15) is 15.9 Å². The molecule has 0 aliphatic carbocycles. The van der Waals surface area contributed by atoms with Crippen LogP contribution in [0.4, 0.5) is 5.69 Å². The van der Waals surface area contributed by atoms with E-state index in [1.807, 2.05) is 16.8 Å². The molecule has 1 heterocycles. The number of carbonyl (C=O) groups is 1. The SMILES string of the molecule is O=C(O)c1ccc2ccn(Cc3ccc([N+](=O)[O-])cc3)c2c1. The number of hydrogen-bond acceptors (Lipinski definition) is 3. The van der Waals surface area contributed by atoms with Crippen molar-refractivity contribution < 1.29 is 14.8 Å². The van der Waals surface area contributed by atoms with E-state index in [4.69, 9.17) is 5.11 Å². The quantitative estimate of drug-likeness (QED) is 0.591. The Labute approximate surface area is 125 Å². The van der Waals surface area contributed by atoms with Crippen LogP contribution in [0.3, 0.4) is 0 Å². The van der Waals surface area contributed by atoms with Gasteiger partial charge in [-0.1, -0.05) is 18.2 Å². The summed E-state index contributed by atoms with van der Waals surface area (Å²) in [7, 11) is 0. The molecule has 3 rings (SSSR count). The van der Waals surface area contributed by atoms with E-state index in [0.29, 0.717) is 6.54 Å². The summed E-state index contributed by atoms with van der Waals surface area (Å²) in [6, 6.07) is 13.2. The minimum Gasteiger partial charge on any atom is -0.478 e. The number of nitrogens with zero attached hydrogens (tertiary/aromatic N) is 2. The molecule has 0 spiro atoms. The second kappa shape index (κ2) is 5.33. The second-order valence-electron chi connectivity index (χ2n) is 4.95. The van der Waals surface area contributed by atoms with Gasteiger partial charge in [0, 0.05) is 30.4 Å². The maximum Gasteiger partial charge on any atom is 0.335 e. The highest BCUT2D eigenvalue weighted by atomic mass is 16.6. The first-order valence-corrected chi connectivity index (χ1v) is 6.60. The summed E-state index contributed by atoms with van der Waals surface area (Å²) in [5, 5.41) is 20.7. The molecule has 0 unspecified atom stereocenters. The van der Waals surface area contributed by atoms with E-state index in [1.165, 1.54) is 12.1 Å². The van der Waals surface area contributed by atoms with Crippen LogP contribution in [0.5, 0.6) is 0 Å². The van der Waals surface area contributed by atoms with Crippen LogP contribution >= 0.6 is 0 Å². The van der Waals surface area contributed by atoms with Crippen molar-refractivity contribution in [2.24, 2.45) is 0 Å². The Hall–Kier alpha value is -3.15. The largest absolute Gasteiger partial charge is 0.478 e. The average Bonchev–Trinajstić information content (AvgIpc) is 2.90. The highest BCUT2D eigenvalue weighted by Gasteiger charge is 2.08. The predicted octanol–water partition coefficient (Wildman–Crippen LogP) is 3.30. The summed E-state index contributed by atoms with van der Waals surface area (Å²) in [4.78, 5) is 21.3. The van der Waals surface area contributed by atoms with Crippen molar-refractivity contribution >= 4 is 22.6 Å². The van der Waals surface area contributed by atoms with Crippen LogP contribution in [-0.4, -0.2) is 20.6 Å². The molecule has 1 aromatic heterocycles. The maximum atomic E-state index is 11.1. The summed E-state index contributed by atoms with van der Waals surface area (Å²) >= 11 is 0. The summed E-state index contributed by atoms with van der Waals surface area (Å²) in [5.41, 5.74) is 2.01. The fourth-order valence-electron chi connectivity index (χ4n) is 2.37. The fourth-order valence-corrected chi connectivity index (χ4v) is 2.37. The molecule has 0 saturated heterocycles. The first-order valence-electron chi connectivity index (χ1n) is 6.60. The van der Waals surface area contributed by atoms with Gasteiger partial charge >= 0.3 is 5.97 Å². The van der Waals surface area contributed by atoms with Crippen LogP contribution in [0, 0.1) is 10.1 Å². The zero-order valence-corrected chi connectivity index (χ0v) is 11.5. The number of nitro benzene ring substituents is 1. The summed E-state index contributed by atoms with van der Waals surface area (Å²) in [5.74, 6) is -0.968. The average molecular weight is 296 g/mol. The van der Waals surface area contributed by atoms with Gasteiger partial charge in [0.25, 0.3) is 5.69 Å². The topological polar surface area (TPSA) is 85.4 Å². The summed E-state index contributed by atoms with van der Waals surface area (Å²) in [6.07, 6.45) is 1.87. The Morgan fingerprint density at radius 3 is 2.50 bits per heavy atom. The molecule has 110 valence electrons. The first kappa shape index (κ1) is 13.8. The highest BCUT2D eigenvalue weighted by molar-refractivity contribution is 5.93. The number of carboxylic acids is 1. The van der Waals surface area contributed by atoms with Crippen LogP contribution in [0.15, 0.2) is 54.7 Å². The van der Waals surface area contributed by atoms with Gasteiger partial charge < -0.3 is 9.67 Å². The third-order valence-electron chi connectivity index (χ3n) is 3.52. The molecule has 6 heteroatoms. The molecule has 0 radical (unpaired) electrons. The lowest BCUT2D eigenvalue weighted by Crippen LogP contribution is -2.00. The van der Waals surface area contributed by atoms with Crippen molar-refractivity contribution in [1.29, 1.82) is 0 Å². The highest BCUT2D eigenvalue weighted by Crippen LogP contribution is 2.20. The Morgan fingerprint density at radius 1 is 1.14 bits per heavy atom. The number of aromatic carboxylic acids is 1.